The third kappa shape index (κ3) is 3.50. The molecule has 0 bridgehead atoms. The molecule has 1 nitrogen and oxygen atoms in total. The SMILES string of the molecule is Fc1cc(Br)cc(-c2nc(CCCCl)cs2)c1. The van der Waals surface area contributed by atoms with Crippen LogP contribution in [0, 0.1) is 5.82 Å². The lowest BCUT2D eigenvalue weighted by Gasteiger charge is -1.98. The molecule has 0 unspecified atom stereocenters. The largest absolute Gasteiger partial charge is 0.241 e. The van der Waals surface area contributed by atoms with Crippen LogP contribution in [0.2, 0.25) is 0 Å². The summed E-state index contributed by atoms with van der Waals surface area (Å²) in [6.07, 6.45) is 1.79. The summed E-state index contributed by atoms with van der Waals surface area (Å²) in [7, 11) is 0. The summed E-state index contributed by atoms with van der Waals surface area (Å²) < 4.78 is 14.0. The van der Waals surface area contributed by atoms with Gasteiger partial charge < -0.3 is 0 Å². The number of aromatic nitrogens is 1. The highest BCUT2D eigenvalue weighted by atomic mass is 79.9. The average molecular weight is 335 g/mol. The molecular weight excluding hydrogens is 325 g/mol. The maximum Gasteiger partial charge on any atom is 0.125 e. The van der Waals surface area contributed by atoms with Crippen molar-refractivity contribution < 1.29 is 4.39 Å². The van der Waals surface area contributed by atoms with Crippen LogP contribution in [-0.4, -0.2) is 10.9 Å². The van der Waals surface area contributed by atoms with E-state index in [0.717, 1.165) is 33.6 Å². The second-order valence-corrected chi connectivity index (χ2v) is 5.75. The second kappa shape index (κ2) is 5.94. The predicted molar refractivity (Wildman–Crippen MR) is 74.2 cm³/mol. The first-order valence-corrected chi connectivity index (χ1v) is 7.36. The van der Waals surface area contributed by atoms with Crippen LogP contribution in [0.1, 0.15) is 12.1 Å². The molecule has 0 atom stereocenters. The summed E-state index contributed by atoms with van der Waals surface area (Å²) in [5.41, 5.74) is 1.82. The summed E-state index contributed by atoms with van der Waals surface area (Å²) in [5, 5.41) is 2.84. The van der Waals surface area contributed by atoms with Crippen LogP contribution in [0.25, 0.3) is 10.6 Å². The van der Waals surface area contributed by atoms with Gasteiger partial charge in [-0.2, -0.15) is 0 Å². The van der Waals surface area contributed by atoms with Crippen molar-refractivity contribution in [3.8, 4) is 10.6 Å². The van der Waals surface area contributed by atoms with Gasteiger partial charge in [0.15, 0.2) is 0 Å². The molecule has 1 aromatic carbocycles. The lowest BCUT2D eigenvalue weighted by Crippen LogP contribution is -1.87. The van der Waals surface area contributed by atoms with E-state index in [9.17, 15) is 4.39 Å². The van der Waals surface area contributed by atoms with Gasteiger partial charge in [0, 0.05) is 21.3 Å². The number of rotatable bonds is 4. The molecular formula is C12H10BrClFNS. The first-order chi connectivity index (χ1) is 8.19. The Hall–Kier alpha value is -0.450. The Morgan fingerprint density at radius 2 is 2.18 bits per heavy atom. The summed E-state index contributed by atoms with van der Waals surface area (Å²) in [4.78, 5) is 4.47. The highest BCUT2D eigenvalue weighted by molar-refractivity contribution is 9.10. The average Bonchev–Trinajstić information content (AvgIpc) is 2.73. The van der Waals surface area contributed by atoms with Crippen LogP contribution in [0.5, 0.6) is 0 Å². The lowest BCUT2D eigenvalue weighted by molar-refractivity contribution is 0.627. The molecule has 0 N–H and O–H groups in total. The number of hydrogen-bond donors (Lipinski definition) is 0. The molecule has 17 heavy (non-hydrogen) atoms. The van der Waals surface area contributed by atoms with Crippen molar-refractivity contribution in [2.75, 3.05) is 5.88 Å². The van der Waals surface area contributed by atoms with Crippen molar-refractivity contribution >= 4 is 38.9 Å². The van der Waals surface area contributed by atoms with Crippen LogP contribution in [0.15, 0.2) is 28.1 Å². The zero-order valence-electron chi connectivity index (χ0n) is 8.92. The first kappa shape index (κ1) is 13.0. The van der Waals surface area contributed by atoms with Crippen LogP contribution in [0.4, 0.5) is 4.39 Å². The van der Waals surface area contributed by atoms with Gasteiger partial charge in [-0.25, -0.2) is 9.37 Å². The van der Waals surface area contributed by atoms with E-state index in [1.807, 2.05) is 11.4 Å². The second-order valence-electron chi connectivity index (χ2n) is 3.59. The molecule has 5 heteroatoms. The molecule has 2 aromatic rings. The van der Waals surface area contributed by atoms with Crippen molar-refractivity contribution in [2.45, 2.75) is 12.8 Å². The smallest absolute Gasteiger partial charge is 0.125 e. The van der Waals surface area contributed by atoms with E-state index in [0.29, 0.717) is 5.88 Å². The van der Waals surface area contributed by atoms with Gasteiger partial charge in [-0.1, -0.05) is 15.9 Å². The minimum absolute atomic E-state index is 0.258. The molecule has 1 aromatic heterocycles. The molecule has 0 amide bonds. The molecule has 0 spiro atoms. The van der Waals surface area contributed by atoms with Gasteiger partial charge in [0.1, 0.15) is 10.8 Å². The number of halogens is 3. The van der Waals surface area contributed by atoms with Crippen molar-refractivity contribution in [3.63, 3.8) is 0 Å². The Morgan fingerprint density at radius 1 is 1.35 bits per heavy atom. The normalized spacial score (nSPS) is 10.8. The fraction of sp³-hybridized carbons (Fsp3) is 0.250. The van der Waals surface area contributed by atoms with E-state index in [-0.39, 0.29) is 5.82 Å². The Morgan fingerprint density at radius 3 is 2.88 bits per heavy atom. The van der Waals surface area contributed by atoms with E-state index in [2.05, 4.69) is 20.9 Å². The molecule has 0 aliphatic carbocycles. The number of alkyl halides is 1. The van der Waals surface area contributed by atoms with E-state index in [1.165, 1.54) is 23.5 Å². The third-order valence-corrected chi connectivity index (χ3v) is 3.89. The van der Waals surface area contributed by atoms with Gasteiger partial charge >= 0.3 is 0 Å². The number of benzene rings is 1. The molecule has 0 radical (unpaired) electrons. The number of aryl methyl sites for hydroxylation is 1. The molecule has 0 fully saturated rings. The van der Waals surface area contributed by atoms with Gasteiger partial charge in [-0.05, 0) is 31.0 Å². The quantitative estimate of drug-likeness (QED) is 0.726. The zero-order valence-corrected chi connectivity index (χ0v) is 12.1. The topological polar surface area (TPSA) is 12.9 Å². The number of nitrogens with zero attached hydrogens (tertiary/aromatic N) is 1. The molecule has 0 aliphatic rings. The van der Waals surface area contributed by atoms with E-state index in [4.69, 9.17) is 11.6 Å². The lowest BCUT2D eigenvalue weighted by atomic mass is 10.2. The van der Waals surface area contributed by atoms with E-state index in [1.54, 1.807) is 0 Å². The molecule has 0 saturated carbocycles. The van der Waals surface area contributed by atoms with Crippen molar-refractivity contribution in [2.24, 2.45) is 0 Å². The predicted octanol–water partition coefficient (Wildman–Crippen LogP) is 4.88. The maximum absolute atomic E-state index is 13.3. The summed E-state index contributed by atoms with van der Waals surface area (Å²) in [6.45, 7) is 0. The number of thiazole rings is 1. The Bertz CT molecular complexity index is 495. The summed E-state index contributed by atoms with van der Waals surface area (Å²) in [6, 6.07) is 4.80. The molecule has 0 aliphatic heterocycles. The molecule has 90 valence electrons. The fourth-order valence-corrected chi connectivity index (χ4v) is 2.92. The third-order valence-electron chi connectivity index (χ3n) is 2.23. The Labute approximate surface area is 117 Å². The van der Waals surface area contributed by atoms with Crippen LogP contribution < -0.4 is 0 Å². The van der Waals surface area contributed by atoms with Gasteiger partial charge in [-0.3, -0.25) is 0 Å². The van der Waals surface area contributed by atoms with E-state index >= 15 is 0 Å². The first-order valence-electron chi connectivity index (χ1n) is 5.16. The van der Waals surface area contributed by atoms with Crippen LogP contribution >= 0.6 is 38.9 Å². The Balaban J connectivity index is 2.24. The van der Waals surface area contributed by atoms with E-state index < -0.39 is 0 Å². The van der Waals surface area contributed by atoms with Gasteiger partial charge in [0.05, 0.1) is 5.69 Å². The van der Waals surface area contributed by atoms with Crippen molar-refractivity contribution in [1.82, 2.24) is 4.98 Å². The highest BCUT2D eigenvalue weighted by Crippen LogP contribution is 2.27. The highest BCUT2D eigenvalue weighted by Gasteiger charge is 2.07. The number of hydrogen-bond acceptors (Lipinski definition) is 2. The van der Waals surface area contributed by atoms with Crippen LogP contribution in [-0.2, 0) is 6.42 Å². The summed E-state index contributed by atoms with van der Waals surface area (Å²) in [5.74, 6) is 0.380. The van der Waals surface area contributed by atoms with Gasteiger partial charge in [-0.15, -0.1) is 22.9 Å². The standard InChI is InChI=1S/C12H10BrClFNS/c13-9-4-8(5-10(15)6-9)12-16-11(7-17-12)2-1-3-14/h4-7H,1-3H2. The monoisotopic (exact) mass is 333 g/mol. The zero-order chi connectivity index (χ0) is 12.3. The molecule has 1 heterocycles. The molecule has 0 saturated heterocycles. The maximum atomic E-state index is 13.3. The molecule has 2 rings (SSSR count). The minimum Gasteiger partial charge on any atom is -0.241 e. The minimum atomic E-state index is -0.258. The van der Waals surface area contributed by atoms with Crippen LogP contribution in [0.3, 0.4) is 0 Å². The Kier molecular flexibility index (Phi) is 4.54. The van der Waals surface area contributed by atoms with Crippen molar-refractivity contribution in [1.29, 1.82) is 0 Å². The van der Waals surface area contributed by atoms with Gasteiger partial charge in [0.25, 0.3) is 0 Å². The fourth-order valence-electron chi connectivity index (χ4n) is 1.48. The summed E-state index contributed by atoms with van der Waals surface area (Å²) >= 11 is 10.4. The van der Waals surface area contributed by atoms with Gasteiger partial charge in [0.2, 0.25) is 0 Å². The van der Waals surface area contributed by atoms with Crippen molar-refractivity contribution in [3.05, 3.63) is 39.6 Å².